The number of hydrogen-bond donors (Lipinski definition) is 0. The SMILES string of the molecule is [Ge][CH]1CSC[CH]1[Ge]. The van der Waals surface area contributed by atoms with E-state index in [2.05, 4.69) is 44.8 Å². The van der Waals surface area contributed by atoms with Crippen LogP contribution >= 0.6 is 11.8 Å². The fourth-order valence-electron chi connectivity index (χ4n) is 0.554. The Morgan fingerprint density at radius 3 is 1.71 bits per heavy atom. The summed E-state index contributed by atoms with van der Waals surface area (Å²) in [6.45, 7) is 0. The van der Waals surface area contributed by atoms with Crippen molar-refractivity contribution in [2.24, 2.45) is 0 Å². The van der Waals surface area contributed by atoms with Gasteiger partial charge in [-0.25, -0.2) is 0 Å². The molecule has 1 heterocycles. The number of thioether (sulfide) groups is 1. The van der Waals surface area contributed by atoms with Gasteiger partial charge in [0.05, 0.1) is 0 Å². The first-order valence-corrected chi connectivity index (χ1v) is 5.88. The van der Waals surface area contributed by atoms with E-state index < -0.39 is 0 Å². The van der Waals surface area contributed by atoms with Crippen molar-refractivity contribution in [2.45, 2.75) is 9.50 Å². The van der Waals surface area contributed by atoms with E-state index in [1.807, 2.05) is 0 Å². The van der Waals surface area contributed by atoms with Gasteiger partial charge in [0.15, 0.2) is 0 Å². The second kappa shape index (κ2) is 2.83. The molecule has 2 unspecified atom stereocenters. The fourth-order valence-corrected chi connectivity index (χ4v) is 4.36. The molecule has 0 amide bonds. The van der Waals surface area contributed by atoms with Crippen LogP contribution in [0.5, 0.6) is 0 Å². The molecule has 0 N–H and O–H groups in total. The predicted octanol–water partition coefficient (Wildman–Crippen LogP) is 0.647. The molecular formula is C4H6Ge2S. The normalized spacial score (nSPS) is 42.0. The van der Waals surface area contributed by atoms with Crippen molar-refractivity contribution in [3.63, 3.8) is 0 Å². The quantitative estimate of drug-likeness (QED) is 0.552. The molecule has 1 saturated heterocycles. The minimum atomic E-state index is 0.977. The third-order valence-corrected chi connectivity index (χ3v) is 7.52. The molecule has 0 aromatic heterocycles. The summed E-state index contributed by atoms with van der Waals surface area (Å²) < 4.78 is 1.95. The van der Waals surface area contributed by atoms with Gasteiger partial charge in [0.25, 0.3) is 0 Å². The van der Waals surface area contributed by atoms with Crippen molar-refractivity contribution in [2.75, 3.05) is 11.5 Å². The van der Waals surface area contributed by atoms with E-state index in [9.17, 15) is 0 Å². The molecule has 1 rings (SSSR count). The van der Waals surface area contributed by atoms with Gasteiger partial charge in [-0.3, -0.25) is 0 Å². The van der Waals surface area contributed by atoms with Gasteiger partial charge in [-0.05, 0) is 0 Å². The van der Waals surface area contributed by atoms with Gasteiger partial charge in [0.2, 0.25) is 0 Å². The monoisotopic (exact) mass is 234 g/mol. The first-order chi connectivity index (χ1) is 3.30. The van der Waals surface area contributed by atoms with E-state index in [0.717, 1.165) is 9.50 Å². The Balaban J connectivity index is 2.33. The Morgan fingerprint density at radius 1 is 1.14 bits per heavy atom. The van der Waals surface area contributed by atoms with E-state index in [1.165, 1.54) is 11.5 Å². The summed E-state index contributed by atoms with van der Waals surface area (Å²) in [6, 6.07) is 0. The summed E-state index contributed by atoms with van der Waals surface area (Å²) in [7, 11) is 0. The van der Waals surface area contributed by atoms with Crippen molar-refractivity contribution in [3.05, 3.63) is 0 Å². The van der Waals surface area contributed by atoms with Crippen LogP contribution in [0.15, 0.2) is 0 Å². The Bertz CT molecular complexity index is 58.7. The summed E-state index contributed by atoms with van der Waals surface area (Å²) in [6.07, 6.45) is 0. The second-order valence-corrected chi connectivity index (χ2v) is 5.94. The average Bonchev–Trinajstić information content (AvgIpc) is 1.91. The maximum absolute atomic E-state index is 2.34. The van der Waals surface area contributed by atoms with Crippen LogP contribution in [0.1, 0.15) is 0 Å². The van der Waals surface area contributed by atoms with Gasteiger partial charge >= 0.3 is 65.8 Å². The molecule has 0 spiro atoms. The maximum atomic E-state index is 2.34. The van der Waals surface area contributed by atoms with Crippen LogP contribution in [0.4, 0.5) is 0 Å². The van der Waals surface area contributed by atoms with Gasteiger partial charge in [-0.15, -0.1) is 0 Å². The van der Waals surface area contributed by atoms with Crippen LogP contribution in [0, 0.1) is 0 Å². The van der Waals surface area contributed by atoms with Crippen molar-refractivity contribution < 1.29 is 0 Å². The van der Waals surface area contributed by atoms with E-state index in [4.69, 9.17) is 0 Å². The first kappa shape index (κ1) is 6.55. The van der Waals surface area contributed by atoms with Crippen molar-refractivity contribution in [3.8, 4) is 0 Å². The van der Waals surface area contributed by atoms with E-state index in [1.54, 1.807) is 0 Å². The molecule has 3 heteroatoms. The standard InChI is InChI=1S/C4H6Ge2S/c5-3-1-7-2-4(3)6/h3-4H,1-2H2. The molecule has 1 aliphatic rings. The van der Waals surface area contributed by atoms with E-state index in [-0.39, 0.29) is 0 Å². The van der Waals surface area contributed by atoms with E-state index >= 15 is 0 Å². The van der Waals surface area contributed by atoms with Crippen LogP contribution < -0.4 is 0 Å². The van der Waals surface area contributed by atoms with Crippen molar-refractivity contribution in [1.82, 2.24) is 0 Å². The summed E-state index contributed by atoms with van der Waals surface area (Å²) in [5.41, 5.74) is 0. The van der Waals surface area contributed by atoms with Gasteiger partial charge in [-0.2, -0.15) is 0 Å². The van der Waals surface area contributed by atoms with Crippen molar-refractivity contribution in [1.29, 1.82) is 0 Å². The molecule has 0 nitrogen and oxygen atoms in total. The predicted molar refractivity (Wildman–Crippen MR) is 36.3 cm³/mol. The molecule has 1 aliphatic heterocycles. The summed E-state index contributed by atoms with van der Waals surface area (Å²) >= 11 is 6.77. The zero-order valence-corrected chi connectivity index (χ0v) is 8.99. The number of rotatable bonds is 0. The van der Waals surface area contributed by atoms with Crippen LogP contribution in [-0.4, -0.2) is 44.5 Å². The minimum absolute atomic E-state index is 0.977. The Hall–Kier alpha value is 1.44. The van der Waals surface area contributed by atoms with Gasteiger partial charge in [0.1, 0.15) is 0 Å². The Labute approximate surface area is 65.6 Å². The molecule has 0 aromatic rings. The Morgan fingerprint density at radius 2 is 1.57 bits per heavy atom. The van der Waals surface area contributed by atoms with E-state index in [0.29, 0.717) is 0 Å². The molecule has 0 saturated carbocycles. The molecule has 2 atom stereocenters. The molecule has 7 heavy (non-hydrogen) atoms. The third kappa shape index (κ3) is 1.68. The third-order valence-electron chi connectivity index (χ3n) is 1.08. The van der Waals surface area contributed by atoms with Gasteiger partial charge < -0.3 is 0 Å². The molecule has 0 aromatic carbocycles. The zero-order valence-electron chi connectivity index (χ0n) is 3.98. The zero-order chi connectivity index (χ0) is 5.28. The molecule has 1 fully saturated rings. The molecule has 0 aliphatic carbocycles. The van der Waals surface area contributed by atoms with Crippen LogP contribution in [-0.2, 0) is 0 Å². The fraction of sp³-hybridized carbons (Fsp3) is 1.00. The van der Waals surface area contributed by atoms with Crippen LogP contribution in [0.2, 0.25) is 9.50 Å². The summed E-state index contributed by atoms with van der Waals surface area (Å²) in [4.78, 5) is 0. The van der Waals surface area contributed by atoms with Crippen molar-refractivity contribution >= 4 is 44.8 Å². The van der Waals surface area contributed by atoms with Crippen LogP contribution in [0.3, 0.4) is 0 Å². The first-order valence-electron chi connectivity index (χ1n) is 2.30. The van der Waals surface area contributed by atoms with Crippen LogP contribution in [0.25, 0.3) is 0 Å². The average molecular weight is 231 g/mol. The van der Waals surface area contributed by atoms with Gasteiger partial charge in [-0.1, -0.05) is 0 Å². The summed E-state index contributed by atoms with van der Waals surface area (Å²) in [5, 5.41) is 0. The topological polar surface area (TPSA) is 0 Å². The Kier molecular flexibility index (Phi) is 2.65. The molecular weight excluding hydrogens is 225 g/mol. The summed E-state index contributed by atoms with van der Waals surface area (Å²) in [5.74, 6) is 2.78. The number of hydrogen-bond acceptors (Lipinski definition) is 1. The molecule has 36 valence electrons. The molecule has 0 bridgehead atoms. The van der Waals surface area contributed by atoms with Gasteiger partial charge in [0, 0.05) is 0 Å². The second-order valence-electron chi connectivity index (χ2n) is 1.75. The molecule has 6 radical (unpaired) electrons.